The van der Waals surface area contributed by atoms with Gasteiger partial charge in [-0.1, -0.05) is 6.07 Å². The van der Waals surface area contributed by atoms with Crippen molar-refractivity contribution >= 4 is 0 Å². The molecule has 0 radical (unpaired) electrons. The lowest BCUT2D eigenvalue weighted by atomic mass is 10.2. The number of benzene rings is 1. The molecule has 0 bridgehead atoms. The maximum absolute atomic E-state index is 13.4. The first-order chi connectivity index (χ1) is 7.70. The Morgan fingerprint density at radius 3 is 2.62 bits per heavy atom. The molecule has 1 saturated heterocycles. The SMILES string of the molecule is COC1CCN(Cc2c(F)cccc2F)C1. The fraction of sp³-hybridized carbons (Fsp3) is 0.500. The maximum atomic E-state index is 13.4. The molecule has 1 aromatic carbocycles. The lowest BCUT2D eigenvalue weighted by Crippen LogP contribution is -2.23. The molecule has 1 aromatic rings. The van der Waals surface area contributed by atoms with Gasteiger partial charge in [0.25, 0.3) is 0 Å². The summed E-state index contributed by atoms with van der Waals surface area (Å²) < 4.78 is 32.0. The molecule has 16 heavy (non-hydrogen) atoms. The second-order valence-electron chi connectivity index (χ2n) is 4.08. The van der Waals surface area contributed by atoms with Gasteiger partial charge in [-0.25, -0.2) is 8.78 Å². The van der Waals surface area contributed by atoms with Crippen molar-refractivity contribution in [2.45, 2.75) is 19.1 Å². The molecule has 2 nitrogen and oxygen atoms in total. The fourth-order valence-corrected chi connectivity index (χ4v) is 2.04. The Labute approximate surface area is 93.8 Å². The van der Waals surface area contributed by atoms with Crippen LogP contribution in [0.1, 0.15) is 12.0 Å². The van der Waals surface area contributed by atoms with Gasteiger partial charge >= 0.3 is 0 Å². The summed E-state index contributed by atoms with van der Waals surface area (Å²) in [6.07, 6.45) is 1.11. The molecular formula is C12H15F2NO. The highest BCUT2D eigenvalue weighted by molar-refractivity contribution is 5.19. The summed E-state index contributed by atoms with van der Waals surface area (Å²) >= 11 is 0. The first kappa shape index (κ1) is 11.5. The number of hydrogen-bond acceptors (Lipinski definition) is 2. The molecule has 0 N–H and O–H groups in total. The predicted octanol–water partition coefficient (Wildman–Crippen LogP) is 2.19. The quantitative estimate of drug-likeness (QED) is 0.784. The Morgan fingerprint density at radius 1 is 1.38 bits per heavy atom. The van der Waals surface area contributed by atoms with E-state index < -0.39 is 11.6 Å². The molecule has 0 spiro atoms. The first-order valence-electron chi connectivity index (χ1n) is 5.38. The van der Waals surface area contributed by atoms with Crippen LogP contribution in [0, 0.1) is 11.6 Å². The molecule has 1 unspecified atom stereocenters. The lowest BCUT2D eigenvalue weighted by Gasteiger charge is -2.16. The van der Waals surface area contributed by atoms with Gasteiger partial charge < -0.3 is 4.74 Å². The second kappa shape index (κ2) is 4.89. The molecule has 1 aliphatic rings. The Hall–Kier alpha value is -1.00. The molecule has 0 aliphatic carbocycles. The zero-order valence-corrected chi connectivity index (χ0v) is 9.25. The zero-order chi connectivity index (χ0) is 11.5. The van der Waals surface area contributed by atoms with Crippen molar-refractivity contribution in [1.82, 2.24) is 4.90 Å². The van der Waals surface area contributed by atoms with Crippen LogP contribution in [0.25, 0.3) is 0 Å². The molecule has 1 atom stereocenters. The number of hydrogen-bond donors (Lipinski definition) is 0. The van der Waals surface area contributed by atoms with Gasteiger partial charge in [-0.3, -0.25) is 4.90 Å². The van der Waals surface area contributed by atoms with Gasteiger partial charge in [0.2, 0.25) is 0 Å². The Balaban J connectivity index is 2.04. The zero-order valence-electron chi connectivity index (χ0n) is 9.25. The van der Waals surface area contributed by atoms with E-state index in [0.717, 1.165) is 19.5 Å². The second-order valence-corrected chi connectivity index (χ2v) is 4.08. The van der Waals surface area contributed by atoms with Gasteiger partial charge in [0.05, 0.1) is 6.10 Å². The summed E-state index contributed by atoms with van der Waals surface area (Å²) in [6.45, 7) is 1.88. The largest absolute Gasteiger partial charge is 0.380 e. The molecule has 0 saturated carbocycles. The van der Waals surface area contributed by atoms with E-state index in [1.165, 1.54) is 18.2 Å². The third-order valence-corrected chi connectivity index (χ3v) is 3.01. The van der Waals surface area contributed by atoms with Crippen molar-refractivity contribution in [2.24, 2.45) is 0 Å². The Morgan fingerprint density at radius 2 is 2.06 bits per heavy atom. The number of halogens is 2. The highest BCUT2D eigenvalue weighted by atomic mass is 19.1. The molecule has 4 heteroatoms. The van der Waals surface area contributed by atoms with E-state index in [4.69, 9.17) is 4.74 Å². The average molecular weight is 227 g/mol. The van der Waals surface area contributed by atoms with E-state index in [9.17, 15) is 8.78 Å². The molecule has 0 aromatic heterocycles. The number of nitrogens with zero attached hydrogens (tertiary/aromatic N) is 1. The monoisotopic (exact) mass is 227 g/mol. The minimum absolute atomic E-state index is 0.152. The third-order valence-electron chi connectivity index (χ3n) is 3.01. The fourth-order valence-electron chi connectivity index (χ4n) is 2.04. The van der Waals surface area contributed by atoms with Crippen LogP contribution in [0.4, 0.5) is 8.78 Å². The number of ether oxygens (including phenoxy) is 1. The van der Waals surface area contributed by atoms with Gasteiger partial charge in [-0.05, 0) is 18.6 Å². The summed E-state index contributed by atoms with van der Waals surface area (Å²) in [5, 5.41) is 0. The van der Waals surface area contributed by atoms with E-state index >= 15 is 0 Å². The van der Waals surface area contributed by atoms with Crippen molar-refractivity contribution in [1.29, 1.82) is 0 Å². The number of likely N-dealkylation sites (tertiary alicyclic amines) is 1. The summed E-state index contributed by atoms with van der Waals surface area (Å²) in [7, 11) is 1.66. The summed E-state index contributed by atoms with van der Waals surface area (Å²) in [4.78, 5) is 2.01. The van der Waals surface area contributed by atoms with Crippen LogP contribution in [-0.2, 0) is 11.3 Å². The summed E-state index contributed by atoms with van der Waals surface area (Å²) in [6, 6.07) is 3.97. The van der Waals surface area contributed by atoms with Crippen molar-refractivity contribution in [3.05, 3.63) is 35.4 Å². The van der Waals surface area contributed by atoms with Gasteiger partial charge in [0, 0.05) is 32.3 Å². The van der Waals surface area contributed by atoms with E-state index in [1.54, 1.807) is 7.11 Å². The third kappa shape index (κ3) is 2.39. The topological polar surface area (TPSA) is 12.5 Å². The molecule has 1 aliphatic heterocycles. The van der Waals surface area contributed by atoms with Gasteiger partial charge in [-0.2, -0.15) is 0 Å². The Kier molecular flexibility index (Phi) is 3.51. The minimum Gasteiger partial charge on any atom is -0.380 e. The van der Waals surface area contributed by atoms with E-state index in [1.807, 2.05) is 4.90 Å². The Bertz CT molecular complexity index is 350. The molecule has 1 heterocycles. The number of rotatable bonds is 3. The van der Waals surface area contributed by atoms with E-state index in [-0.39, 0.29) is 11.7 Å². The normalized spacial score (nSPS) is 21.6. The van der Waals surface area contributed by atoms with Crippen LogP contribution in [0.3, 0.4) is 0 Å². The van der Waals surface area contributed by atoms with Crippen LogP contribution in [0.2, 0.25) is 0 Å². The van der Waals surface area contributed by atoms with Crippen molar-refractivity contribution < 1.29 is 13.5 Å². The predicted molar refractivity (Wildman–Crippen MR) is 57.0 cm³/mol. The molecule has 1 fully saturated rings. The highest BCUT2D eigenvalue weighted by Crippen LogP contribution is 2.19. The van der Waals surface area contributed by atoms with Gasteiger partial charge in [0.15, 0.2) is 0 Å². The van der Waals surface area contributed by atoms with Crippen LogP contribution in [0.15, 0.2) is 18.2 Å². The number of methoxy groups -OCH3 is 1. The molecular weight excluding hydrogens is 212 g/mol. The van der Waals surface area contributed by atoms with Crippen LogP contribution >= 0.6 is 0 Å². The summed E-state index contributed by atoms with van der Waals surface area (Å²) in [5.74, 6) is -0.943. The lowest BCUT2D eigenvalue weighted by molar-refractivity contribution is 0.107. The van der Waals surface area contributed by atoms with Crippen LogP contribution in [0.5, 0.6) is 0 Å². The molecule has 0 amide bonds. The standard InChI is InChI=1S/C12H15F2NO/c1-16-9-5-6-15(7-9)8-10-11(13)3-2-4-12(10)14/h2-4,9H,5-8H2,1H3. The molecule has 2 rings (SSSR count). The average Bonchev–Trinajstić information content (AvgIpc) is 2.71. The van der Waals surface area contributed by atoms with E-state index in [2.05, 4.69) is 0 Å². The van der Waals surface area contributed by atoms with Gasteiger partial charge in [-0.15, -0.1) is 0 Å². The van der Waals surface area contributed by atoms with E-state index in [0.29, 0.717) is 6.54 Å². The van der Waals surface area contributed by atoms with Crippen molar-refractivity contribution in [3.63, 3.8) is 0 Å². The smallest absolute Gasteiger partial charge is 0.130 e. The maximum Gasteiger partial charge on any atom is 0.130 e. The molecule has 88 valence electrons. The van der Waals surface area contributed by atoms with Crippen molar-refractivity contribution in [2.75, 3.05) is 20.2 Å². The first-order valence-corrected chi connectivity index (χ1v) is 5.38. The summed E-state index contributed by atoms with van der Waals surface area (Å²) in [5.41, 5.74) is 0.152. The highest BCUT2D eigenvalue weighted by Gasteiger charge is 2.23. The van der Waals surface area contributed by atoms with Crippen LogP contribution < -0.4 is 0 Å². The van der Waals surface area contributed by atoms with Gasteiger partial charge in [0.1, 0.15) is 11.6 Å². The van der Waals surface area contributed by atoms with Crippen molar-refractivity contribution in [3.8, 4) is 0 Å². The van der Waals surface area contributed by atoms with Crippen LogP contribution in [-0.4, -0.2) is 31.2 Å². The minimum atomic E-state index is -0.471.